The van der Waals surface area contributed by atoms with Crippen molar-refractivity contribution in [2.45, 2.75) is 39.2 Å². The molecule has 1 N–H and O–H groups in total. The molecule has 0 bridgehead atoms. The van der Waals surface area contributed by atoms with Gasteiger partial charge in [0.1, 0.15) is 5.75 Å². The Morgan fingerprint density at radius 2 is 1.89 bits per heavy atom. The lowest BCUT2D eigenvalue weighted by molar-refractivity contribution is 0.0458. The van der Waals surface area contributed by atoms with Crippen LogP contribution >= 0.6 is 0 Å². The Bertz CT molecular complexity index is 949. The Morgan fingerprint density at radius 1 is 1.14 bits per heavy atom. The van der Waals surface area contributed by atoms with Crippen LogP contribution < -0.4 is 4.74 Å². The fraction of sp³-hybridized carbons (Fsp3) is 0.364. The number of aromatic nitrogens is 2. The molecule has 0 amide bonds. The monoisotopic (exact) mass is 386 g/mol. The predicted molar refractivity (Wildman–Crippen MR) is 106 cm³/mol. The minimum atomic E-state index is -2.69. The van der Waals surface area contributed by atoms with Gasteiger partial charge in [0.25, 0.3) is 6.43 Å². The highest BCUT2D eigenvalue weighted by Gasteiger charge is 2.21. The lowest BCUT2D eigenvalue weighted by Gasteiger charge is -2.22. The molecule has 0 unspecified atom stereocenters. The predicted octanol–water partition coefficient (Wildman–Crippen LogP) is 5.41. The molecule has 3 rings (SSSR count). The van der Waals surface area contributed by atoms with Crippen LogP contribution in [0.1, 0.15) is 39.2 Å². The van der Waals surface area contributed by atoms with E-state index in [0.29, 0.717) is 12.1 Å². The topological polar surface area (TPSA) is 55.2 Å². The van der Waals surface area contributed by atoms with Crippen molar-refractivity contribution in [3.8, 4) is 17.0 Å². The van der Waals surface area contributed by atoms with E-state index in [1.54, 1.807) is 26.1 Å². The molecule has 0 aliphatic heterocycles. The van der Waals surface area contributed by atoms with Gasteiger partial charge in [0.05, 0.1) is 35.2 Å². The number of hydrogen-bond acceptors (Lipinski definition) is 4. The summed E-state index contributed by atoms with van der Waals surface area (Å²) in [6.45, 7) is 5.56. The van der Waals surface area contributed by atoms with Crippen LogP contribution in [0.25, 0.3) is 22.2 Å². The second kappa shape index (κ2) is 8.19. The Balaban J connectivity index is 1.89. The zero-order valence-corrected chi connectivity index (χ0v) is 16.2. The van der Waals surface area contributed by atoms with Crippen molar-refractivity contribution in [1.29, 1.82) is 0 Å². The fourth-order valence-electron chi connectivity index (χ4n) is 3.36. The molecule has 0 fully saturated rings. The number of benzene rings is 1. The molecule has 0 saturated heterocycles. The number of rotatable bonds is 7. The number of fused-ring (bicyclic) bond motifs is 1. The third-order valence-corrected chi connectivity index (χ3v) is 4.43. The van der Waals surface area contributed by atoms with Gasteiger partial charge in [-0.05, 0) is 44.4 Å². The maximum atomic E-state index is 13.7. The Kier molecular flexibility index (Phi) is 5.89. The van der Waals surface area contributed by atoms with E-state index < -0.39 is 12.0 Å². The largest absolute Gasteiger partial charge is 0.491 e. The highest BCUT2D eigenvalue weighted by Crippen LogP contribution is 2.34. The summed E-state index contributed by atoms with van der Waals surface area (Å²) in [5.41, 5.74) is 0.946. The summed E-state index contributed by atoms with van der Waals surface area (Å²) in [6, 6.07) is 10.7. The molecular weight excluding hydrogens is 362 g/mol. The molecule has 0 spiro atoms. The van der Waals surface area contributed by atoms with Crippen LogP contribution in [0.15, 0.2) is 48.8 Å². The smallest absolute Gasteiger partial charge is 0.267 e. The molecule has 1 aromatic carbocycles. The van der Waals surface area contributed by atoms with Crippen LogP contribution in [0.3, 0.4) is 0 Å². The minimum Gasteiger partial charge on any atom is -0.491 e. The van der Waals surface area contributed by atoms with E-state index in [9.17, 15) is 13.9 Å². The second-order valence-corrected chi connectivity index (χ2v) is 7.72. The molecule has 0 aliphatic carbocycles. The van der Waals surface area contributed by atoms with Crippen LogP contribution in [0, 0.1) is 5.92 Å². The summed E-state index contributed by atoms with van der Waals surface area (Å²) in [6.07, 6.45) is 0.813. The zero-order valence-electron chi connectivity index (χ0n) is 16.2. The molecule has 2 aromatic heterocycles. The number of pyridine rings is 2. The SMILES string of the molecule is C[C@H](COc1cnc(-c2ccnc3ccccc23)cc1C(F)F)CC(C)(C)O. The number of ether oxygens (including phenoxy) is 1. The van der Waals surface area contributed by atoms with Gasteiger partial charge < -0.3 is 9.84 Å². The van der Waals surface area contributed by atoms with Crippen LogP contribution in [-0.4, -0.2) is 27.3 Å². The van der Waals surface area contributed by atoms with Gasteiger partial charge in [-0.2, -0.15) is 0 Å². The first-order valence-electron chi connectivity index (χ1n) is 9.22. The summed E-state index contributed by atoms with van der Waals surface area (Å²) in [5.74, 6) is 0.0778. The summed E-state index contributed by atoms with van der Waals surface area (Å²) in [7, 11) is 0. The van der Waals surface area contributed by atoms with E-state index in [1.807, 2.05) is 31.2 Å². The molecule has 28 heavy (non-hydrogen) atoms. The average molecular weight is 386 g/mol. The highest BCUT2D eigenvalue weighted by atomic mass is 19.3. The van der Waals surface area contributed by atoms with Gasteiger partial charge in [0.2, 0.25) is 0 Å². The van der Waals surface area contributed by atoms with Crippen molar-refractivity contribution in [3.63, 3.8) is 0 Å². The van der Waals surface area contributed by atoms with E-state index in [-0.39, 0.29) is 23.8 Å². The van der Waals surface area contributed by atoms with Crippen molar-refractivity contribution in [1.82, 2.24) is 9.97 Å². The molecular formula is C22H24F2N2O2. The molecule has 0 aliphatic rings. The number of alkyl halides is 2. The average Bonchev–Trinajstić information content (AvgIpc) is 2.64. The van der Waals surface area contributed by atoms with E-state index in [4.69, 9.17) is 4.74 Å². The fourth-order valence-corrected chi connectivity index (χ4v) is 3.36. The van der Waals surface area contributed by atoms with Crippen LogP contribution in [-0.2, 0) is 0 Å². The molecule has 4 nitrogen and oxygen atoms in total. The summed E-state index contributed by atoms with van der Waals surface area (Å²) in [4.78, 5) is 8.66. The zero-order chi connectivity index (χ0) is 20.3. The lowest BCUT2D eigenvalue weighted by atomic mass is 9.96. The number of hydrogen-bond donors (Lipinski definition) is 1. The van der Waals surface area contributed by atoms with E-state index in [0.717, 1.165) is 16.5 Å². The minimum absolute atomic E-state index is 0.00865. The van der Waals surface area contributed by atoms with Crippen LogP contribution in [0.2, 0.25) is 0 Å². The number of para-hydroxylation sites is 1. The molecule has 6 heteroatoms. The number of aliphatic hydroxyl groups is 1. The Labute approximate surface area is 163 Å². The van der Waals surface area contributed by atoms with Crippen molar-refractivity contribution in [2.24, 2.45) is 5.92 Å². The molecule has 1 atom stereocenters. The lowest BCUT2D eigenvalue weighted by Crippen LogP contribution is -2.25. The third kappa shape index (κ3) is 4.81. The van der Waals surface area contributed by atoms with Gasteiger partial charge >= 0.3 is 0 Å². The second-order valence-electron chi connectivity index (χ2n) is 7.72. The maximum Gasteiger partial charge on any atom is 0.267 e. The van der Waals surface area contributed by atoms with Crippen molar-refractivity contribution < 1.29 is 18.6 Å². The molecule has 0 radical (unpaired) electrons. The van der Waals surface area contributed by atoms with E-state index in [2.05, 4.69) is 9.97 Å². The molecule has 0 saturated carbocycles. The van der Waals surface area contributed by atoms with E-state index >= 15 is 0 Å². The van der Waals surface area contributed by atoms with Gasteiger partial charge in [0.15, 0.2) is 0 Å². The standard InChI is InChI=1S/C22H24F2N2O2/c1-14(11-22(2,3)27)13-28-20-12-26-19(10-17(20)21(23)24)16-8-9-25-18-7-5-4-6-15(16)18/h4-10,12,14,21,27H,11,13H2,1-3H3/t14-/m0/s1. The van der Waals surface area contributed by atoms with Crippen molar-refractivity contribution in [3.05, 3.63) is 54.4 Å². The summed E-state index contributed by atoms with van der Waals surface area (Å²) >= 11 is 0. The number of nitrogens with zero attached hydrogens (tertiary/aromatic N) is 2. The van der Waals surface area contributed by atoms with Gasteiger partial charge in [-0.25, -0.2) is 8.78 Å². The highest BCUT2D eigenvalue weighted by molar-refractivity contribution is 5.93. The number of halogens is 2. The van der Waals surface area contributed by atoms with Gasteiger partial charge in [0, 0.05) is 17.1 Å². The quantitative estimate of drug-likeness (QED) is 0.590. The van der Waals surface area contributed by atoms with Crippen molar-refractivity contribution >= 4 is 10.9 Å². The third-order valence-electron chi connectivity index (χ3n) is 4.43. The normalized spacial score (nSPS) is 13.1. The molecule has 148 valence electrons. The van der Waals surface area contributed by atoms with Crippen LogP contribution in [0.5, 0.6) is 5.75 Å². The maximum absolute atomic E-state index is 13.7. The van der Waals surface area contributed by atoms with Crippen LogP contribution in [0.4, 0.5) is 8.78 Å². The first kappa shape index (κ1) is 20.1. The molecule has 3 aromatic rings. The van der Waals surface area contributed by atoms with Crippen molar-refractivity contribution in [2.75, 3.05) is 6.61 Å². The molecule has 2 heterocycles. The van der Waals surface area contributed by atoms with Gasteiger partial charge in [-0.15, -0.1) is 0 Å². The summed E-state index contributed by atoms with van der Waals surface area (Å²) in [5, 5.41) is 10.7. The van der Waals surface area contributed by atoms with E-state index in [1.165, 1.54) is 12.3 Å². The first-order chi connectivity index (χ1) is 13.2. The Hall–Kier alpha value is -2.60. The van der Waals surface area contributed by atoms with Gasteiger partial charge in [-0.3, -0.25) is 9.97 Å². The Morgan fingerprint density at radius 3 is 2.61 bits per heavy atom. The first-order valence-corrected chi connectivity index (χ1v) is 9.22. The van der Waals surface area contributed by atoms with Gasteiger partial charge in [-0.1, -0.05) is 25.1 Å². The summed E-state index contributed by atoms with van der Waals surface area (Å²) < 4.78 is 33.0.